The van der Waals surface area contributed by atoms with Crippen molar-refractivity contribution in [2.75, 3.05) is 43.1 Å². The molecule has 1 N–H and O–H groups in total. The maximum atomic E-state index is 13.6. The van der Waals surface area contributed by atoms with E-state index in [2.05, 4.69) is 10.2 Å². The number of benzene rings is 3. The molecule has 11 heteroatoms. The monoisotopic (exact) mass is 604 g/mol. The largest absolute Gasteiger partial charge is 0.378 e. The number of para-hydroxylation sites is 3. The predicted octanol–water partition coefficient (Wildman–Crippen LogP) is 5.99. The Bertz CT molecular complexity index is 1730. The Morgan fingerprint density at radius 2 is 1.81 bits per heavy atom. The van der Waals surface area contributed by atoms with Gasteiger partial charge in [-0.25, -0.2) is 4.39 Å². The summed E-state index contributed by atoms with van der Waals surface area (Å²) in [7, 11) is 0. The Labute approximate surface area is 250 Å². The predicted molar refractivity (Wildman–Crippen MR) is 163 cm³/mol. The normalized spacial score (nSPS) is 16.6. The van der Waals surface area contributed by atoms with Gasteiger partial charge in [0.15, 0.2) is 0 Å². The summed E-state index contributed by atoms with van der Waals surface area (Å²) in [6.45, 7) is 2.60. The van der Waals surface area contributed by atoms with E-state index >= 15 is 0 Å². The molecule has 2 aliphatic rings. The molecule has 0 aliphatic carbocycles. The van der Waals surface area contributed by atoms with Gasteiger partial charge in [-0.3, -0.25) is 19.3 Å². The van der Waals surface area contributed by atoms with Gasteiger partial charge < -0.3 is 19.5 Å². The molecule has 0 bridgehead atoms. The van der Waals surface area contributed by atoms with Gasteiger partial charge in [-0.1, -0.05) is 48.0 Å². The molecule has 0 saturated carbocycles. The van der Waals surface area contributed by atoms with Crippen molar-refractivity contribution >= 4 is 68.8 Å². The smallest absolute Gasteiger partial charge is 0.294 e. The Morgan fingerprint density at radius 3 is 2.62 bits per heavy atom. The SMILES string of the molecule is O=C(CN1C(=O)S/C(=C\c2cn(Cc3ccc(F)cc3Cl)c3ccccc23)C1=O)Nc1ccccc1N1CCOCC1. The van der Waals surface area contributed by atoms with Crippen LogP contribution in [0.2, 0.25) is 5.02 Å². The van der Waals surface area contributed by atoms with Gasteiger partial charge in [0.2, 0.25) is 5.91 Å². The number of hydrogen-bond acceptors (Lipinski definition) is 6. The molecule has 3 heterocycles. The van der Waals surface area contributed by atoms with Gasteiger partial charge in [-0.2, -0.15) is 0 Å². The number of ether oxygens (including phenoxy) is 1. The lowest BCUT2D eigenvalue weighted by Gasteiger charge is -2.30. The molecule has 2 saturated heterocycles. The molecule has 214 valence electrons. The molecular weight excluding hydrogens is 579 g/mol. The first-order chi connectivity index (χ1) is 20.4. The van der Waals surface area contributed by atoms with Crippen molar-refractivity contribution in [2.24, 2.45) is 0 Å². The van der Waals surface area contributed by atoms with Crippen LogP contribution in [-0.2, 0) is 20.9 Å². The second kappa shape index (κ2) is 12.0. The van der Waals surface area contributed by atoms with Crippen molar-refractivity contribution in [3.63, 3.8) is 0 Å². The fourth-order valence-electron chi connectivity index (χ4n) is 5.12. The van der Waals surface area contributed by atoms with Gasteiger partial charge in [0.1, 0.15) is 12.4 Å². The lowest BCUT2D eigenvalue weighted by atomic mass is 10.1. The second-order valence-corrected chi connectivity index (χ2v) is 11.3. The van der Waals surface area contributed by atoms with E-state index in [0.717, 1.165) is 44.4 Å². The summed E-state index contributed by atoms with van der Waals surface area (Å²) >= 11 is 7.07. The van der Waals surface area contributed by atoms with E-state index in [4.69, 9.17) is 16.3 Å². The van der Waals surface area contributed by atoms with Gasteiger partial charge in [-0.15, -0.1) is 0 Å². The van der Waals surface area contributed by atoms with Gasteiger partial charge in [0.25, 0.3) is 11.1 Å². The summed E-state index contributed by atoms with van der Waals surface area (Å²) in [4.78, 5) is 42.4. The van der Waals surface area contributed by atoms with E-state index in [0.29, 0.717) is 43.6 Å². The minimum atomic E-state index is -0.528. The van der Waals surface area contributed by atoms with Crippen LogP contribution >= 0.6 is 23.4 Å². The van der Waals surface area contributed by atoms with Crippen molar-refractivity contribution in [3.8, 4) is 0 Å². The Kier molecular flexibility index (Phi) is 8.01. The number of carbonyl (C=O) groups excluding carboxylic acids is 3. The first kappa shape index (κ1) is 28.0. The van der Waals surface area contributed by atoms with Crippen LogP contribution in [0.25, 0.3) is 17.0 Å². The van der Waals surface area contributed by atoms with Crippen LogP contribution in [0.4, 0.5) is 20.6 Å². The number of morpholine rings is 1. The van der Waals surface area contributed by atoms with Crippen LogP contribution < -0.4 is 10.2 Å². The molecule has 0 unspecified atom stereocenters. The molecule has 6 rings (SSSR count). The fraction of sp³-hybridized carbons (Fsp3) is 0.194. The topological polar surface area (TPSA) is 83.9 Å². The zero-order chi connectivity index (χ0) is 29.2. The Hall–Kier alpha value is -4.12. The first-order valence-electron chi connectivity index (χ1n) is 13.4. The van der Waals surface area contributed by atoms with Gasteiger partial charge in [0, 0.05) is 47.3 Å². The number of aromatic nitrogens is 1. The molecule has 2 fully saturated rings. The van der Waals surface area contributed by atoms with Gasteiger partial charge in [0.05, 0.1) is 29.5 Å². The second-order valence-electron chi connectivity index (χ2n) is 9.90. The third-order valence-electron chi connectivity index (χ3n) is 7.17. The number of thioether (sulfide) groups is 1. The van der Waals surface area contributed by atoms with E-state index in [1.54, 1.807) is 18.2 Å². The summed E-state index contributed by atoms with van der Waals surface area (Å²) in [6.07, 6.45) is 3.54. The zero-order valence-electron chi connectivity index (χ0n) is 22.4. The minimum absolute atomic E-state index is 0.226. The Balaban J connectivity index is 1.20. The molecule has 8 nitrogen and oxygen atoms in total. The van der Waals surface area contributed by atoms with E-state index in [1.807, 2.05) is 53.2 Å². The third kappa shape index (κ3) is 5.78. The summed E-state index contributed by atoms with van der Waals surface area (Å²) in [5, 5.41) is 3.55. The number of amides is 3. The molecule has 42 heavy (non-hydrogen) atoms. The quantitative estimate of drug-likeness (QED) is 0.261. The summed E-state index contributed by atoms with van der Waals surface area (Å²) < 4.78 is 21.0. The van der Waals surface area contributed by atoms with E-state index in [1.165, 1.54) is 12.1 Å². The maximum absolute atomic E-state index is 13.6. The van der Waals surface area contributed by atoms with Crippen LogP contribution in [0.3, 0.4) is 0 Å². The van der Waals surface area contributed by atoms with Crippen molar-refractivity contribution < 1.29 is 23.5 Å². The van der Waals surface area contributed by atoms with Crippen molar-refractivity contribution in [3.05, 3.63) is 99.8 Å². The van der Waals surface area contributed by atoms with Crippen molar-refractivity contribution in [2.45, 2.75) is 6.54 Å². The number of nitrogens with one attached hydrogen (secondary N) is 1. The van der Waals surface area contributed by atoms with Gasteiger partial charge >= 0.3 is 0 Å². The third-order valence-corrected chi connectivity index (χ3v) is 8.43. The zero-order valence-corrected chi connectivity index (χ0v) is 24.0. The molecule has 2 aliphatic heterocycles. The lowest BCUT2D eigenvalue weighted by molar-refractivity contribution is -0.127. The van der Waals surface area contributed by atoms with Crippen LogP contribution in [0, 0.1) is 5.82 Å². The summed E-state index contributed by atoms with van der Waals surface area (Å²) in [5.74, 6) is -1.40. The molecule has 1 aromatic heterocycles. The number of imide groups is 1. The van der Waals surface area contributed by atoms with Crippen molar-refractivity contribution in [1.29, 1.82) is 0 Å². The summed E-state index contributed by atoms with van der Waals surface area (Å²) in [5.41, 5.74) is 3.84. The van der Waals surface area contributed by atoms with Crippen LogP contribution in [0.1, 0.15) is 11.1 Å². The number of fused-ring (bicyclic) bond motifs is 1. The lowest BCUT2D eigenvalue weighted by Crippen LogP contribution is -2.38. The van der Waals surface area contributed by atoms with Crippen LogP contribution in [-0.4, -0.2) is 59.4 Å². The minimum Gasteiger partial charge on any atom is -0.378 e. The first-order valence-corrected chi connectivity index (χ1v) is 14.6. The molecule has 0 spiro atoms. The van der Waals surface area contributed by atoms with Crippen LogP contribution in [0.5, 0.6) is 0 Å². The van der Waals surface area contributed by atoms with Crippen LogP contribution in [0.15, 0.2) is 77.8 Å². The number of nitrogens with zero attached hydrogens (tertiary/aromatic N) is 3. The Morgan fingerprint density at radius 1 is 1.05 bits per heavy atom. The fourth-order valence-corrected chi connectivity index (χ4v) is 6.18. The average molecular weight is 605 g/mol. The maximum Gasteiger partial charge on any atom is 0.294 e. The molecule has 0 radical (unpaired) electrons. The van der Waals surface area contributed by atoms with Gasteiger partial charge in [-0.05, 0) is 53.7 Å². The highest BCUT2D eigenvalue weighted by atomic mass is 35.5. The highest BCUT2D eigenvalue weighted by molar-refractivity contribution is 8.18. The molecule has 3 aromatic carbocycles. The van der Waals surface area contributed by atoms with Crippen molar-refractivity contribution in [1.82, 2.24) is 9.47 Å². The highest BCUT2D eigenvalue weighted by Gasteiger charge is 2.36. The van der Waals surface area contributed by atoms with E-state index in [9.17, 15) is 18.8 Å². The number of carbonyl (C=O) groups is 3. The molecule has 4 aromatic rings. The van der Waals surface area contributed by atoms with E-state index in [-0.39, 0.29) is 4.91 Å². The van der Waals surface area contributed by atoms with E-state index < -0.39 is 29.4 Å². The molecule has 0 atom stereocenters. The highest BCUT2D eigenvalue weighted by Crippen LogP contribution is 2.35. The average Bonchev–Trinajstić information content (AvgIpc) is 3.46. The molecular formula is C31H26ClFN4O4S. The number of hydrogen-bond donors (Lipinski definition) is 1. The molecule has 3 amide bonds. The number of anilines is 2. The standard InChI is InChI=1S/C31H26ClFN4O4S/c32-24-16-22(33)10-9-20(24)17-36-18-21(23-5-1-3-7-26(23)36)15-28-30(39)37(31(40)42-28)19-29(38)34-25-6-2-4-8-27(25)35-11-13-41-14-12-35/h1-10,15-16,18H,11-14,17,19H2,(H,34,38)/b28-15-. The summed E-state index contributed by atoms with van der Waals surface area (Å²) in [6, 6.07) is 19.4. The number of rotatable bonds is 7. The number of halogens is 2.